The molecule has 2 rings (SSSR count). The molecule has 0 aliphatic carbocycles. The molecule has 18 heavy (non-hydrogen) atoms. The zero-order valence-electron chi connectivity index (χ0n) is 11.6. The van der Waals surface area contributed by atoms with Crippen molar-refractivity contribution in [2.75, 3.05) is 6.54 Å². The number of thiophene rings is 1. The van der Waals surface area contributed by atoms with Crippen LogP contribution in [-0.4, -0.2) is 6.54 Å². The third kappa shape index (κ3) is 2.65. The molecule has 1 unspecified atom stereocenters. The average molecular weight is 259 g/mol. The second kappa shape index (κ2) is 5.68. The first-order chi connectivity index (χ1) is 8.63. The highest BCUT2D eigenvalue weighted by molar-refractivity contribution is 7.10. The van der Waals surface area contributed by atoms with Crippen LogP contribution in [0.5, 0.6) is 0 Å². The van der Waals surface area contributed by atoms with Crippen molar-refractivity contribution in [2.45, 2.75) is 33.7 Å². The number of aryl methyl sites for hydroxylation is 3. The lowest BCUT2D eigenvalue weighted by Gasteiger charge is -2.22. The lowest BCUT2D eigenvalue weighted by molar-refractivity contribution is 0.626. The van der Waals surface area contributed by atoms with Crippen molar-refractivity contribution in [2.24, 2.45) is 0 Å². The van der Waals surface area contributed by atoms with Crippen LogP contribution in [0.2, 0.25) is 0 Å². The van der Waals surface area contributed by atoms with Crippen LogP contribution < -0.4 is 5.32 Å². The minimum atomic E-state index is 0.321. The number of rotatable bonds is 4. The minimum Gasteiger partial charge on any atom is -0.306 e. The fourth-order valence-electron chi connectivity index (χ4n) is 2.49. The Hall–Kier alpha value is -1.12. The maximum absolute atomic E-state index is 3.62. The summed E-state index contributed by atoms with van der Waals surface area (Å²) < 4.78 is 0. The second-order valence-corrected chi connectivity index (χ2v) is 5.90. The van der Waals surface area contributed by atoms with Crippen molar-refractivity contribution in [1.29, 1.82) is 0 Å². The van der Waals surface area contributed by atoms with Gasteiger partial charge in [-0.25, -0.2) is 0 Å². The number of nitrogens with one attached hydrogen (secondary N) is 1. The molecule has 0 bridgehead atoms. The Morgan fingerprint density at radius 3 is 2.33 bits per heavy atom. The molecule has 0 aliphatic rings. The summed E-state index contributed by atoms with van der Waals surface area (Å²) in [7, 11) is 0. The average Bonchev–Trinajstić information content (AvgIpc) is 2.74. The molecule has 0 fully saturated rings. The summed E-state index contributed by atoms with van der Waals surface area (Å²) in [5, 5.41) is 5.89. The molecule has 0 saturated carbocycles. The van der Waals surface area contributed by atoms with Crippen molar-refractivity contribution in [3.8, 4) is 0 Å². The summed E-state index contributed by atoms with van der Waals surface area (Å²) >= 11 is 1.82. The van der Waals surface area contributed by atoms with E-state index in [1.165, 1.54) is 27.1 Å². The first kappa shape index (κ1) is 13.3. The Morgan fingerprint density at radius 2 is 1.83 bits per heavy atom. The molecule has 0 aliphatic heterocycles. The van der Waals surface area contributed by atoms with Crippen molar-refractivity contribution in [1.82, 2.24) is 5.32 Å². The highest BCUT2D eigenvalue weighted by Gasteiger charge is 2.17. The summed E-state index contributed by atoms with van der Waals surface area (Å²) in [6.45, 7) is 9.72. The van der Waals surface area contributed by atoms with Gasteiger partial charge in [0.25, 0.3) is 0 Å². The van der Waals surface area contributed by atoms with Crippen LogP contribution >= 0.6 is 11.3 Å². The first-order valence-electron chi connectivity index (χ1n) is 6.48. The number of hydrogen-bond donors (Lipinski definition) is 1. The maximum atomic E-state index is 3.62. The molecule has 96 valence electrons. The van der Waals surface area contributed by atoms with E-state index in [9.17, 15) is 0 Å². The predicted molar refractivity (Wildman–Crippen MR) is 80.5 cm³/mol. The van der Waals surface area contributed by atoms with E-state index in [4.69, 9.17) is 0 Å². The van der Waals surface area contributed by atoms with Crippen LogP contribution in [0.4, 0.5) is 0 Å². The summed E-state index contributed by atoms with van der Waals surface area (Å²) in [4.78, 5) is 1.37. The third-order valence-corrected chi connectivity index (χ3v) is 4.20. The summed E-state index contributed by atoms with van der Waals surface area (Å²) in [5.41, 5.74) is 5.54. The summed E-state index contributed by atoms with van der Waals surface area (Å²) in [6, 6.07) is 9.15. The molecule has 0 amide bonds. The van der Waals surface area contributed by atoms with Crippen LogP contribution in [0.1, 0.15) is 40.1 Å². The zero-order valence-corrected chi connectivity index (χ0v) is 12.4. The Balaban J connectivity index is 2.47. The second-order valence-electron chi connectivity index (χ2n) is 4.79. The van der Waals surface area contributed by atoms with Gasteiger partial charge in [-0.15, -0.1) is 11.3 Å². The zero-order chi connectivity index (χ0) is 13.1. The van der Waals surface area contributed by atoms with Crippen molar-refractivity contribution in [3.05, 3.63) is 56.8 Å². The van der Waals surface area contributed by atoms with E-state index >= 15 is 0 Å². The summed E-state index contributed by atoms with van der Waals surface area (Å²) in [6.07, 6.45) is 0. The van der Waals surface area contributed by atoms with Crippen LogP contribution in [0.25, 0.3) is 0 Å². The van der Waals surface area contributed by atoms with Gasteiger partial charge in [0.05, 0.1) is 6.04 Å². The van der Waals surface area contributed by atoms with Crippen molar-refractivity contribution >= 4 is 11.3 Å². The fraction of sp³-hybridized carbons (Fsp3) is 0.375. The van der Waals surface area contributed by atoms with E-state index in [-0.39, 0.29) is 0 Å². The smallest absolute Gasteiger partial charge is 0.0590 e. The van der Waals surface area contributed by atoms with Gasteiger partial charge in [-0.05, 0) is 61.0 Å². The molecule has 0 radical (unpaired) electrons. The Morgan fingerprint density at radius 1 is 1.17 bits per heavy atom. The molecule has 1 N–H and O–H groups in total. The van der Waals surface area contributed by atoms with E-state index in [1.54, 1.807) is 0 Å². The molecule has 1 atom stereocenters. The van der Waals surface area contributed by atoms with Gasteiger partial charge in [0.1, 0.15) is 0 Å². The molecule has 1 aromatic carbocycles. The molecular weight excluding hydrogens is 238 g/mol. The molecule has 0 saturated heterocycles. The number of hydrogen-bond acceptors (Lipinski definition) is 2. The third-order valence-electron chi connectivity index (χ3n) is 3.32. The maximum Gasteiger partial charge on any atom is 0.0590 e. The van der Waals surface area contributed by atoms with Gasteiger partial charge in [-0.2, -0.15) is 0 Å². The molecule has 2 aromatic rings. The Labute approximate surface area is 114 Å². The van der Waals surface area contributed by atoms with E-state index in [0.29, 0.717) is 6.04 Å². The molecular formula is C16H21NS. The van der Waals surface area contributed by atoms with Crippen molar-refractivity contribution < 1.29 is 0 Å². The van der Waals surface area contributed by atoms with Gasteiger partial charge < -0.3 is 5.32 Å². The topological polar surface area (TPSA) is 12.0 Å². The van der Waals surface area contributed by atoms with Crippen LogP contribution in [0.3, 0.4) is 0 Å². The monoisotopic (exact) mass is 259 g/mol. The molecule has 1 heterocycles. The Bertz CT molecular complexity index is 507. The van der Waals surface area contributed by atoms with E-state index in [2.05, 4.69) is 62.7 Å². The quantitative estimate of drug-likeness (QED) is 0.859. The lowest BCUT2D eigenvalue weighted by atomic mass is 9.92. The van der Waals surface area contributed by atoms with E-state index in [1.807, 2.05) is 11.3 Å². The highest BCUT2D eigenvalue weighted by Crippen LogP contribution is 2.30. The number of benzene rings is 1. The largest absolute Gasteiger partial charge is 0.306 e. The van der Waals surface area contributed by atoms with Crippen LogP contribution in [0, 0.1) is 20.8 Å². The van der Waals surface area contributed by atoms with E-state index < -0.39 is 0 Å². The van der Waals surface area contributed by atoms with E-state index in [0.717, 1.165) is 6.54 Å². The van der Waals surface area contributed by atoms with Gasteiger partial charge in [0.2, 0.25) is 0 Å². The van der Waals surface area contributed by atoms with Gasteiger partial charge in [0.15, 0.2) is 0 Å². The highest BCUT2D eigenvalue weighted by atomic mass is 32.1. The van der Waals surface area contributed by atoms with Gasteiger partial charge in [-0.1, -0.05) is 25.1 Å². The minimum absolute atomic E-state index is 0.321. The Kier molecular flexibility index (Phi) is 4.20. The summed E-state index contributed by atoms with van der Waals surface area (Å²) in [5.74, 6) is 0. The normalized spacial score (nSPS) is 12.7. The molecule has 1 nitrogen and oxygen atoms in total. The predicted octanol–water partition coefficient (Wildman–Crippen LogP) is 4.37. The van der Waals surface area contributed by atoms with Gasteiger partial charge in [0, 0.05) is 4.88 Å². The first-order valence-corrected chi connectivity index (χ1v) is 7.36. The lowest BCUT2D eigenvalue weighted by Crippen LogP contribution is -2.23. The van der Waals surface area contributed by atoms with Gasteiger partial charge >= 0.3 is 0 Å². The SMILES string of the molecule is CCNC(c1csc(C)c1)c1c(C)cccc1C. The molecule has 0 spiro atoms. The van der Waals surface area contributed by atoms with Crippen molar-refractivity contribution in [3.63, 3.8) is 0 Å². The van der Waals surface area contributed by atoms with Gasteiger partial charge in [-0.3, -0.25) is 0 Å². The van der Waals surface area contributed by atoms with Crippen LogP contribution in [-0.2, 0) is 0 Å². The standard InChI is InChI=1S/C16H21NS/c1-5-17-16(14-9-13(4)18-10-14)15-11(2)7-6-8-12(15)3/h6-10,16-17H,5H2,1-4H3. The fourth-order valence-corrected chi connectivity index (χ4v) is 3.22. The molecule has 1 aromatic heterocycles. The molecule has 2 heteroatoms. The van der Waals surface area contributed by atoms with Crippen LogP contribution in [0.15, 0.2) is 29.6 Å².